The van der Waals surface area contributed by atoms with Crippen LogP contribution in [0.3, 0.4) is 0 Å². The number of amides is 1. The Hall–Kier alpha value is -2.35. The first-order chi connectivity index (χ1) is 11.1. The summed E-state index contributed by atoms with van der Waals surface area (Å²) in [6.07, 6.45) is -3.37. The van der Waals surface area contributed by atoms with Gasteiger partial charge in [0.25, 0.3) is 5.91 Å². The first-order valence-corrected chi connectivity index (χ1v) is 8.71. The van der Waals surface area contributed by atoms with Crippen molar-refractivity contribution in [3.8, 4) is 0 Å². The average Bonchev–Trinajstić information content (AvgIpc) is 2.51. The van der Waals surface area contributed by atoms with E-state index in [9.17, 15) is 26.4 Å². The first-order valence-electron chi connectivity index (χ1n) is 6.82. The zero-order valence-corrected chi connectivity index (χ0v) is 13.4. The molecule has 0 bridgehead atoms. The number of hydrogen-bond acceptors (Lipinski definition) is 3. The number of sulfone groups is 1. The maximum Gasteiger partial charge on any atom is 0.416 e. The largest absolute Gasteiger partial charge is 0.416 e. The number of hydrogen-bond donors (Lipinski definition) is 1. The van der Waals surface area contributed by atoms with Gasteiger partial charge >= 0.3 is 6.18 Å². The summed E-state index contributed by atoms with van der Waals surface area (Å²) in [5.41, 5.74) is -0.112. The number of halogens is 3. The topological polar surface area (TPSA) is 63.2 Å². The monoisotopic (exact) mass is 357 g/mol. The van der Waals surface area contributed by atoms with Gasteiger partial charge in [-0.05, 0) is 35.9 Å². The minimum absolute atomic E-state index is 0.0182. The van der Waals surface area contributed by atoms with E-state index in [1.807, 2.05) is 0 Å². The van der Waals surface area contributed by atoms with Crippen LogP contribution in [0.4, 0.5) is 13.2 Å². The van der Waals surface area contributed by atoms with Gasteiger partial charge in [0.2, 0.25) is 0 Å². The SMILES string of the molecule is CS(=O)(=O)c1cccc(C(=O)NCc2ccc(C(F)(F)F)cc2)c1. The second-order valence-corrected chi connectivity index (χ2v) is 7.19. The van der Waals surface area contributed by atoms with Crippen molar-refractivity contribution in [1.82, 2.24) is 5.32 Å². The molecule has 1 amide bonds. The highest BCUT2D eigenvalue weighted by Gasteiger charge is 2.29. The Morgan fingerprint density at radius 2 is 1.71 bits per heavy atom. The second kappa shape index (κ2) is 6.64. The fourth-order valence-electron chi connectivity index (χ4n) is 1.96. The van der Waals surface area contributed by atoms with E-state index in [-0.39, 0.29) is 17.0 Å². The maximum atomic E-state index is 12.5. The van der Waals surface area contributed by atoms with E-state index in [1.54, 1.807) is 0 Å². The zero-order chi connectivity index (χ0) is 18.0. The Kier molecular flexibility index (Phi) is 4.98. The lowest BCUT2D eigenvalue weighted by Gasteiger charge is -2.09. The number of benzene rings is 2. The lowest BCUT2D eigenvalue weighted by atomic mass is 10.1. The van der Waals surface area contributed by atoms with Crippen LogP contribution in [-0.4, -0.2) is 20.6 Å². The molecule has 0 aromatic heterocycles. The molecule has 4 nitrogen and oxygen atoms in total. The predicted molar refractivity (Wildman–Crippen MR) is 82.2 cm³/mol. The third-order valence-corrected chi connectivity index (χ3v) is 4.37. The Bertz CT molecular complexity index is 844. The summed E-state index contributed by atoms with van der Waals surface area (Å²) < 4.78 is 60.4. The summed E-state index contributed by atoms with van der Waals surface area (Å²) in [4.78, 5) is 12.1. The summed E-state index contributed by atoms with van der Waals surface area (Å²) in [5.74, 6) is -0.514. The van der Waals surface area contributed by atoms with Gasteiger partial charge in [-0.2, -0.15) is 13.2 Å². The number of nitrogens with one attached hydrogen (secondary N) is 1. The van der Waals surface area contributed by atoms with E-state index >= 15 is 0 Å². The number of rotatable bonds is 4. The summed E-state index contributed by atoms with van der Waals surface area (Å²) in [6.45, 7) is 0.0279. The van der Waals surface area contributed by atoms with Gasteiger partial charge in [0.1, 0.15) is 0 Å². The molecule has 0 atom stereocenters. The third kappa shape index (κ3) is 4.58. The van der Waals surface area contributed by atoms with Crippen molar-refractivity contribution in [2.24, 2.45) is 0 Å². The van der Waals surface area contributed by atoms with E-state index in [1.165, 1.54) is 36.4 Å². The minimum Gasteiger partial charge on any atom is -0.348 e. The van der Waals surface area contributed by atoms with Gasteiger partial charge in [-0.25, -0.2) is 8.42 Å². The normalized spacial score (nSPS) is 12.0. The van der Waals surface area contributed by atoms with Gasteiger partial charge in [0, 0.05) is 18.4 Å². The summed E-state index contributed by atoms with van der Waals surface area (Å²) in [5, 5.41) is 2.54. The molecule has 0 fully saturated rings. The van der Waals surface area contributed by atoms with Crippen molar-refractivity contribution in [2.45, 2.75) is 17.6 Å². The van der Waals surface area contributed by atoms with Crippen molar-refractivity contribution in [1.29, 1.82) is 0 Å². The highest BCUT2D eigenvalue weighted by atomic mass is 32.2. The highest BCUT2D eigenvalue weighted by Crippen LogP contribution is 2.29. The van der Waals surface area contributed by atoms with Crippen molar-refractivity contribution in [3.05, 3.63) is 65.2 Å². The predicted octanol–water partition coefficient (Wildman–Crippen LogP) is 3.04. The van der Waals surface area contributed by atoms with Crippen molar-refractivity contribution in [3.63, 3.8) is 0 Å². The van der Waals surface area contributed by atoms with E-state index in [2.05, 4.69) is 5.32 Å². The fraction of sp³-hybridized carbons (Fsp3) is 0.188. The molecule has 0 saturated heterocycles. The molecule has 2 rings (SSSR count). The molecule has 0 saturated carbocycles. The number of alkyl halides is 3. The maximum absolute atomic E-state index is 12.5. The number of carbonyl (C=O) groups is 1. The lowest BCUT2D eigenvalue weighted by molar-refractivity contribution is -0.137. The van der Waals surface area contributed by atoms with Crippen LogP contribution in [0.1, 0.15) is 21.5 Å². The molecule has 128 valence electrons. The molecule has 0 radical (unpaired) electrons. The standard InChI is InChI=1S/C16H14F3NO3S/c1-24(22,23)14-4-2-3-12(9-14)15(21)20-10-11-5-7-13(8-6-11)16(17,18)19/h2-9H,10H2,1H3,(H,20,21). The summed E-state index contributed by atoms with van der Waals surface area (Å²) >= 11 is 0. The van der Waals surface area contributed by atoms with Crippen LogP contribution >= 0.6 is 0 Å². The van der Waals surface area contributed by atoms with Crippen LogP contribution in [0.25, 0.3) is 0 Å². The van der Waals surface area contributed by atoms with E-state index < -0.39 is 27.5 Å². The van der Waals surface area contributed by atoms with E-state index in [0.29, 0.717) is 5.56 Å². The Morgan fingerprint density at radius 3 is 2.25 bits per heavy atom. The van der Waals surface area contributed by atoms with Crippen LogP contribution in [0.15, 0.2) is 53.4 Å². The molecule has 0 unspecified atom stereocenters. The highest BCUT2D eigenvalue weighted by molar-refractivity contribution is 7.90. The second-order valence-electron chi connectivity index (χ2n) is 5.18. The summed E-state index contributed by atoms with van der Waals surface area (Å²) in [7, 11) is -3.43. The molecule has 2 aromatic carbocycles. The smallest absolute Gasteiger partial charge is 0.348 e. The van der Waals surface area contributed by atoms with Crippen LogP contribution in [0.2, 0.25) is 0 Å². The fourth-order valence-corrected chi connectivity index (χ4v) is 2.63. The molecular weight excluding hydrogens is 343 g/mol. The molecule has 0 aliphatic heterocycles. The minimum atomic E-state index is -4.41. The molecule has 0 heterocycles. The molecule has 1 N–H and O–H groups in total. The van der Waals surface area contributed by atoms with Crippen LogP contribution in [0, 0.1) is 0 Å². The molecule has 0 aliphatic rings. The van der Waals surface area contributed by atoms with Crippen molar-refractivity contribution in [2.75, 3.05) is 6.26 Å². The molecule has 0 aliphatic carbocycles. The van der Waals surface area contributed by atoms with Gasteiger partial charge < -0.3 is 5.32 Å². The average molecular weight is 357 g/mol. The van der Waals surface area contributed by atoms with Crippen LogP contribution in [0.5, 0.6) is 0 Å². The third-order valence-electron chi connectivity index (χ3n) is 3.26. The molecule has 24 heavy (non-hydrogen) atoms. The Morgan fingerprint density at radius 1 is 1.08 bits per heavy atom. The van der Waals surface area contributed by atoms with Gasteiger partial charge in [0.15, 0.2) is 9.84 Å². The van der Waals surface area contributed by atoms with Gasteiger partial charge in [-0.15, -0.1) is 0 Å². The van der Waals surface area contributed by atoms with Gasteiger partial charge in [0.05, 0.1) is 10.5 Å². The van der Waals surface area contributed by atoms with Gasteiger partial charge in [-0.1, -0.05) is 18.2 Å². The van der Waals surface area contributed by atoms with Gasteiger partial charge in [-0.3, -0.25) is 4.79 Å². The Labute approximate surface area is 137 Å². The lowest BCUT2D eigenvalue weighted by Crippen LogP contribution is -2.23. The molecule has 2 aromatic rings. The summed E-state index contributed by atoms with van der Waals surface area (Å²) in [6, 6.07) is 9.95. The first kappa shape index (κ1) is 18.0. The zero-order valence-electron chi connectivity index (χ0n) is 12.6. The van der Waals surface area contributed by atoms with Crippen LogP contribution < -0.4 is 5.32 Å². The number of carbonyl (C=O) groups excluding carboxylic acids is 1. The van der Waals surface area contributed by atoms with Crippen molar-refractivity contribution >= 4 is 15.7 Å². The van der Waals surface area contributed by atoms with Crippen molar-refractivity contribution < 1.29 is 26.4 Å². The molecule has 8 heteroatoms. The molecular formula is C16H14F3NO3S. The van der Waals surface area contributed by atoms with E-state index in [4.69, 9.17) is 0 Å². The Balaban J connectivity index is 2.06. The quantitative estimate of drug-likeness (QED) is 0.915. The van der Waals surface area contributed by atoms with Crippen LogP contribution in [-0.2, 0) is 22.6 Å². The molecule has 0 spiro atoms. The van der Waals surface area contributed by atoms with E-state index in [0.717, 1.165) is 18.4 Å².